The molecule has 4 rings (SSSR count). The molecule has 0 radical (unpaired) electrons. The second-order valence-corrected chi connectivity index (χ2v) is 8.34. The first-order valence-corrected chi connectivity index (χ1v) is 10.8. The van der Waals surface area contributed by atoms with E-state index in [0.717, 1.165) is 11.3 Å². The number of anilines is 3. The minimum atomic E-state index is -0.392. The van der Waals surface area contributed by atoms with Crippen LogP contribution in [0.2, 0.25) is 5.02 Å². The van der Waals surface area contributed by atoms with Gasteiger partial charge in [0.2, 0.25) is 0 Å². The summed E-state index contributed by atoms with van der Waals surface area (Å²) in [6.07, 6.45) is 0. The second kappa shape index (κ2) is 9.30. The number of ketones is 1. The Kier molecular flexibility index (Phi) is 6.30. The fraction of sp³-hybridized carbons (Fsp3) is 0.0417. The van der Waals surface area contributed by atoms with Crippen LogP contribution in [0.15, 0.2) is 72.8 Å². The second-order valence-electron chi connectivity index (χ2n) is 6.90. The zero-order valence-electron chi connectivity index (χ0n) is 16.9. The predicted octanol–water partition coefficient (Wildman–Crippen LogP) is 6.47. The molecular formula is C24H17ClFN3O2S. The van der Waals surface area contributed by atoms with Gasteiger partial charge in [0.05, 0.1) is 11.4 Å². The first-order valence-electron chi connectivity index (χ1n) is 9.61. The lowest BCUT2D eigenvalue weighted by atomic mass is 10.0. The summed E-state index contributed by atoms with van der Waals surface area (Å²) in [5, 5.41) is 6.75. The summed E-state index contributed by atoms with van der Waals surface area (Å²) in [6, 6.07) is 19.4. The van der Waals surface area contributed by atoms with E-state index in [1.807, 2.05) is 6.07 Å². The number of nitrogens with zero attached hydrogens (tertiary/aromatic N) is 1. The number of aromatic nitrogens is 1. The number of aryl methyl sites for hydroxylation is 1. The molecule has 4 aromatic rings. The van der Waals surface area contributed by atoms with Crippen molar-refractivity contribution in [2.75, 3.05) is 10.6 Å². The van der Waals surface area contributed by atoms with Crippen LogP contribution in [0.5, 0.6) is 0 Å². The van der Waals surface area contributed by atoms with E-state index in [0.29, 0.717) is 43.2 Å². The molecule has 0 aliphatic carbocycles. The molecule has 1 heterocycles. The largest absolute Gasteiger partial charge is 0.332 e. The lowest BCUT2D eigenvalue weighted by Gasteiger charge is -2.11. The lowest BCUT2D eigenvalue weighted by Crippen LogP contribution is -2.15. The molecule has 0 aliphatic heterocycles. The summed E-state index contributed by atoms with van der Waals surface area (Å²) < 4.78 is 13.1. The third-order valence-electron chi connectivity index (χ3n) is 4.61. The summed E-state index contributed by atoms with van der Waals surface area (Å²) in [7, 11) is 0. The number of hydrogen-bond donors (Lipinski definition) is 2. The molecule has 0 aliphatic rings. The Morgan fingerprint density at radius 1 is 1.00 bits per heavy atom. The van der Waals surface area contributed by atoms with Gasteiger partial charge < -0.3 is 10.6 Å². The summed E-state index contributed by atoms with van der Waals surface area (Å²) in [5.41, 5.74) is 2.32. The first kappa shape index (κ1) is 21.7. The standard InChI is InChI=1S/C24H17ClFN3O2S/c1-14-22(32-24(27-14)28-18-10-8-17(26)9-11-18)23(31)29-20-12-7-16(25)13-19(20)21(30)15-5-3-2-4-6-15/h2-13H,1H3,(H,27,28)(H,29,31). The number of hydrogen-bond acceptors (Lipinski definition) is 5. The van der Waals surface area contributed by atoms with E-state index in [9.17, 15) is 14.0 Å². The van der Waals surface area contributed by atoms with Crippen molar-refractivity contribution in [3.63, 3.8) is 0 Å². The molecule has 0 saturated heterocycles. The number of carbonyl (C=O) groups excluding carboxylic acids is 2. The Bertz CT molecular complexity index is 1290. The van der Waals surface area contributed by atoms with E-state index in [2.05, 4.69) is 15.6 Å². The maximum absolute atomic E-state index is 13.1. The molecule has 1 amide bonds. The smallest absolute Gasteiger partial charge is 0.267 e. The quantitative estimate of drug-likeness (QED) is 0.320. The van der Waals surface area contributed by atoms with Crippen molar-refractivity contribution < 1.29 is 14.0 Å². The van der Waals surface area contributed by atoms with Crippen molar-refractivity contribution in [2.24, 2.45) is 0 Å². The number of thiazole rings is 1. The minimum absolute atomic E-state index is 0.247. The molecule has 2 N–H and O–H groups in total. The van der Waals surface area contributed by atoms with E-state index >= 15 is 0 Å². The topological polar surface area (TPSA) is 71.1 Å². The van der Waals surface area contributed by atoms with E-state index in [1.165, 1.54) is 18.2 Å². The summed E-state index contributed by atoms with van der Waals surface area (Å²) in [5.74, 6) is -0.977. The normalized spacial score (nSPS) is 10.6. The highest BCUT2D eigenvalue weighted by molar-refractivity contribution is 7.17. The molecular weight excluding hydrogens is 449 g/mol. The van der Waals surface area contributed by atoms with Gasteiger partial charge >= 0.3 is 0 Å². The van der Waals surface area contributed by atoms with Gasteiger partial charge in [-0.05, 0) is 49.4 Å². The average molecular weight is 466 g/mol. The average Bonchev–Trinajstić information content (AvgIpc) is 3.16. The Labute approximate surface area is 192 Å². The van der Waals surface area contributed by atoms with Gasteiger partial charge in [-0.2, -0.15) is 0 Å². The molecule has 3 aromatic carbocycles. The van der Waals surface area contributed by atoms with Gasteiger partial charge in [0, 0.05) is 21.8 Å². The zero-order chi connectivity index (χ0) is 22.7. The molecule has 0 atom stereocenters. The van der Waals surface area contributed by atoms with Crippen LogP contribution in [-0.2, 0) is 0 Å². The molecule has 0 spiro atoms. The van der Waals surface area contributed by atoms with Gasteiger partial charge in [-0.3, -0.25) is 9.59 Å². The van der Waals surface area contributed by atoms with Crippen LogP contribution in [-0.4, -0.2) is 16.7 Å². The molecule has 0 fully saturated rings. The minimum Gasteiger partial charge on any atom is -0.332 e. The summed E-state index contributed by atoms with van der Waals surface area (Å²) >= 11 is 7.27. The molecule has 160 valence electrons. The third kappa shape index (κ3) is 4.85. The lowest BCUT2D eigenvalue weighted by molar-refractivity contribution is 0.102. The molecule has 1 aromatic heterocycles. The SMILES string of the molecule is Cc1nc(Nc2ccc(F)cc2)sc1C(=O)Nc1ccc(Cl)cc1C(=O)c1ccccc1. The number of nitrogens with one attached hydrogen (secondary N) is 2. The highest BCUT2D eigenvalue weighted by atomic mass is 35.5. The van der Waals surface area contributed by atoms with Crippen LogP contribution in [0.25, 0.3) is 0 Å². The molecule has 0 bridgehead atoms. The Balaban J connectivity index is 1.57. The highest BCUT2D eigenvalue weighted by Crippen LogP contribution is 2.29. The molecule has 8 heteroatoms. The van der Waals surface area contributed by atoms with E-state index in [4.69, 9.17) is 11.6 Å². The van der Waals surface area contributed by atoms with E-state index in [1.54, 1.807) is 55.5 Å². The maximum Gasteiger partial charge on any atom is 0.267 e. The van der Waals surface area contributed by atoms with Crippen molar-refractivity contribution in [2.45, 2.75) is 6.92 Å². The van der Waals surface area contributed by atoms with E-state index in [-0.39, 0.29) is 11.6 Å². The van der Waals surface area contributed by atoms with Crippen LogP contribution < -0.4 is 10.6 Å². The van der Waals surface area contributed by atoms with Crippen LogP contribution in [0.1, 0.15) is 31.3 Å². The Hall–Kier alpha value is -3.55. The first-order chi connectivity index (χ1) is 15.4. The van der Waals surface area contributed by atoms with Crippen molar-refractivity contribution in [3.05, 3.63) is 105 Å². The van der Waals surface area contributed by atoms with Gasteiger partial charge in [-0.15, -0.1) is 0 Å². The van der Waals surface area contributed by atoms with Crippen molar-refractivity contribution in [3.8, 4) is 0 Å². The summed E-state index contributed by atoms with van der Waals surface area (Å²) in [6.45, 7) is 1.72. The zero-order valence-corrected chi connectivity index (χ0v) is 18.4. The highest BCUT2D eigenvalue weighted by Gasteiger charge is 2.20. The molecule has 0 saturated carbocycles. The number of benzene rings is 3. The van der Waals surface area contributed by atoms with Crippen LogP contribution in [0, 0.1) is 12.7 Å². The fourth-order valence-electron chi connectivity index (χ4n) is 3.05. The molecule has 32 heavy (non-hydrogen) atoms. The van der Waals surface area contributed by atoms with Gasteiger partial charge in [0.15, 0.2) is 10.9 Å². The van der Waals surface area contributed by atoms with Crippen LogP contribution in [0.3, 0.4) is 0 Å². The number of halogens is 2. The Morgan fingerprint density at radius 2 is 1.72 bits per heavy atom. The number of rotatable bonds is 6. The number of carbonyl (C=O) groups is 2. The maximum atomic E-state index is 13.1. The Morgan fingerprint density at radius 3 is 2.44 bits per heavy atom. The third-order valence-corrected chi connectivity index (χ3v) is 5.92. The van der Waals surface area contributed by atoms with Crippen molar-refractivity contribution >= 4 is 51.1 Å². The van der Waals surface area contributed by atoms with Gasteiger partial charge in [-0.25, -0.2) is 9.37 Å². The van der Waals surface area contributed by atoms with E-state index < -0.39 is 5.91 Å². The molecule has 0 unspecified atom stereocenters. The van der Waals surface area contributed by atoms with Crippen LogP contribution in [0.4, 0.5) is 20.9 Å². The fourth-order valence-corrected chi connectivity index (χ4v) is 4.11. The van der Waals surface area contributed by atoms with Gasteiger partial charge in [0.1, 0.15) is 10.7 Å². The predicted molar refractivity (Wildman–Crippen MR) is 126 cm³/mol. The summed E-state index contributed by atoms with van der Waals surface area (Å²) in [4.78, 5) is 30.7. The number of amides is 1. The molecule has 5 nitrogen and oxygen atoms in total. The van der Waals surface area contributed by atoms with Crippen LogP contribution >= 0.6 is 22.9 Å². The van der Waals surface area contributed by atoms with Crippen molar-refractivity contribution in [1.82, 2.24) is 4.98 Å². The van der Waals surface area contributed by atoms with Gasteiger partial charge in [0.25, 0.3) is 5.91 Å². The van der Waals surface area contributed by atoms with Crippen molar-refractivity contribution in [1.29, 1.82) is 0 Å². The van der Waals surface area contributed by atoms with Gasteiger partial charge in [-0.1, -0.05) is 53.3 Å². The monoisotopic (exact) mass is 465 g/mol.